The van der Waals surface area contributed by atoms with Gasteiger partial charge in [0.1, 0.15) is 5.75 Å². The molecule has 0 aliphatic rings. The molecule has 0 saturated heterocycles. The van der Waals surface area contributed by atoms with Crippen LogP contribution in [0.5, 0.6) is 5.75 Å². The highest BCUT2D eigenvalue weighted by Gasteiger charge is 2.19. The fraction of sp³-hybridized carbons (Fsp3) is 0.100. The third kappa shape index (κ3) is 3.08. The van der Waals surface area contributed by atoms with Gasteiger partial charge in [-0.2, -0.15) is 0 Å². The van der Waals surface area contributed by atoms with Crippen molar-refractivity contribution in [2.45, 2.75) is 6.42 Å². The van der Waals surface area contributed by atoms with Crippen LogP contribution in [0, 0.1) is 0 Å². The minimum Gasteiger partial charge on any atom is -0.497 e. The molecule has 2 aromatic heterocycles. The van der Waals surface area contributed by atoms with Crippen molar-refractivity contribution in [3.8, 4) is 11.7 Å². The lowest BCUT2D eigenvalue weighted by Gasteiger charge is -2.10. The van der Waals surface area contributed by atoms with Crippen LogP contribution in [0.15, 0.2) is 65.4 Å². The quantitative estimate of drug-likeness (QED) is 0.435. The number of rotatable bonds is 4. The number of nitrogens with zero attached hydrogens (tertiary/aromatic N) is 3. The summed E-state index contributed by atoms with van der Waals surface area (Å²) in [6.07, 6.45) is 4.21. The van der Waals surface area contributed by atoms with Crippen molar-refractivity contribution in [1.29, 1.82) is 0 Å². The molecule has 6 heteroatoms. The molecule has 0 saturated carbocycles. The van der Waals surface area contributed by atoms with Crippen molar-refractivity contribution in [3.05, 3.63) is 81.7 Å². The average Bonchev–Trinajstić information content (AvgIpc) is 2.95. The van der Waals surface area contributed by atoms with E-state index < -0.39 is 0 Å². The van der Waals surface area contributed by atoms with E-state index >= 15 is 0 Å². The highest BCUT2D eigenvalue weighted by molar-refractivity contribution is 9.10. The molecule has 0 radical (unpaired) electrons. The van der Waals surface area contributed by atoms with Crippen LogP contribution in [0.4, 0.5) is 0 Å². The Kier molecular flexibility index (Phi) is 4.66. The second-order valence-electron chi connectivity index (χ2n) is 5.83. The monoisotopic (exact) mass is 427 g/mol. The Labute approximate surface area is 164 Å². The molecule has 0 amide bonds. The van der Waals surface area contributed by atoms with Gasteiger partial charge < -0.3 is 4.74 Å². The van der Waals surface area contributed by atoms with E-state index in [9.17, 15) is 0 Å². The van der Waals surface area contributed by atoms with Gasteiger partial charge in [0.25, 0.3) is 0 Å². The zero-order chi connectivity index (χ0) is 18.1. The molecule has 4 rings (SSSR count). The summed E-state index contributed by atoms with van der Waals surface area (Å²) < 4.78 is 8.47. The van der Waals surface area contributed by atoms with Crippen LogP contribution in [-0.4, -0.2) is 21.6 Å². The second-order valence-corrected chi connectivity index (χ2v) is 7.06. The fourth-order valence-corrected chi connectivity index (χ4v) is 3.76. The molecule has 2 aromatic carbocycles. The van der Waals surface area contributed by atoms with Gasteiger partial charge in [-0.1, -0.05) is 23.7 Å². The maximum absolute atomic E-state index is 6.02. The number of aromatic nitrogens is 3. The van der Waals surface area contributed by atoms with E-state index in [2.05, 4.69) is 30.5 Å². The van der Waals surface area contributed by atoms with Crippen LogP contribution in [0.2, 0.25) is 5.02 Å². The molecule has 0 bridgehead atoms. The van der Waals surface area contributed by atoms with Gasteiger partial charge in [-0.3, -0.25) is 4.57 Å². The minimum absolute atomic E-state index is 0.636. The van der Waals surface area contributed by atoms with Crippen LogP contribution in [-0.2, 0) is 6.42 Å². The second kappa shape index (κ2) is 7.09. The van der Waals surface area contributed by atoms with E-state index in [-0.39, 0.29) is 0 Å². The van der Waals surface area contributed by atoms with E-state index in [1.165, 1.54) is 0 Å². The normalized spacial score (nSPS) is 11.0. The molecule has 2 heterocycles. The Balaban J connectivity index is 1.94. The number of methoxy groups -OCH3 is 1. The first-order chi connectivity index (χ1) is 12.7. The number of benzene rings is 2. The summed E-state index contributed by atoms with van der Waals surface area (Å²) in [6, 6.07) is 15.7. The Hall–Kier alpha value is -2.37. The molecule has 0 atom stereocenters. The summed E-state index contributed by atoms with van der Waals surface area (Å²) in [6.45, 7) is 0. The van der Waals surface area contributed by atoms with Crippen molar-refractivity contribution >= 4 is 38.4 Å². The first kappa shape index (κ1) is 17.1. The number of halogens is 2. The predicted molar refractivity (Wildman–Crippen MR) is 107 cm³/mol. The zero-order valence-electron chi connectivity index (χ0n) is 14.0. The number of hydrogen-bond donors (Lipinski definition) is 0. The van der Waals surface area contributed by atoms with Crippen LogP contribution in [0.3, 0.4) is 0 Å². The molecule has 0 spiro atoms. The standard InChI is InChI=1S/C20H15BrClN3O/c1-26-15-7-8-17-16(12-15)19(21)18(11-13-3-5-14(22)6-4-13)25(17)20-23-9-2-10-24-20/h2-10,12H,11H2,1H3. The van der Waals surface area contributed by atoms with E-state index in [1.807, 2.05) is 48.5 Å². The molecule has 0 fully saturated rings. The molecule has 4 nitrogen and oxygen atoms in total. The van der Waals surface area contributed by atoms with Gasteiger partial charge in [-0.05, 0) is 57.9 Å². The molecular formula is C20H15BrClN3O. The lowest BCUT2D eigenvalue weighted by molar-refractivity contribution is 0.415. The number of ether oxygens (including phenoxy) is 1. The van der Waals surface area contributed by atoms with Crippen molar-refractivity contribution in [2.75, 3.05) is 7.11 Å². The van der Waals surface area contributed by atoms with Gasteiger partial charge in [0.2, 0.25) is 5.95 Å². The first-order valence-electron chi connectivity index (χ1n) is 8.06. The van der Waals surface area contributed by atoms with E-state index in [0.29, 0.717) is 12.4 Å². The van der Waals surface area contributed by atoms with Gasteiger partial charge in [-0.15, -0.1) is 0 Å². The molecule has 130 valence electrons. The van der Waals surface area contributed by atoms with Crippen LogP contribution < -0.4 is 4.74 Å². The Bertz CT molecular complexity index is 1060. The largest absolute Gasteiger partial charge is 0.497 e. The van der Waals surface area contributed by atoms with Gasteiger partial charge in [0.05, 0.1) is 12.6 Å². The predicted octanol–water partition coefficient (Wildman–Crippen LogP) is 5.44. The third-order valence-corrected chi connectivity index (χ3v) is 5.38. The highest BCUT2D eigenvalue weighted by atomic mass is 79.9. The molecule has 26 heavy (non-hydrogen) atoms. The lowest BCUT2D eigenvalue weighted by atomic mass is 10.1. The summed E-state index contributed by atoms with van der Waals surface area (Å²) in [5.41, 5.74) is 3.25. The summed E-state index contributed by atoms with van der Waals surface area (Å²) in [5, 5.41) is 1.78. The van der Waals surface area contributed by atoms with Crippen molar-refractivity contribution < 1.29 is 4.74 Å². The summed E-state index contributed by atoms with van der Waals surface area (Å²) in [5.74, 6) is 1.44. The zero-order valence-corrected chi connectivity index (χ0v) is 16.3. The summed E-state index contributed by atoms with van der Waals surface area (Å²) in [4.78, 5) is 8.90. The Morgan fingerprint density at radius 1 is 1.08 bits per heavy atom. The van der Waals surface area contributed by atoms with Crippen LogP contribution >= 0.6 is 27.5 Å². The third-order valence-electron chi connectivity index (χ3n) is 4.24. The van der Waals surface area contributed by atoms with Crippen molar-refractivity contribution in [3.63, 3.8) is 0 Å². The van der Waals surface area contributed by atoms with Crippen LogP contribution in [0.1, 0.15) is 11.3 Å². The highest BCUT2D eigenvalue weighted by Crippen LogP contribution is 2.36. The number of fused-ring (bicyclic) bond motifs is 1. The molecule has 0 aliphatic heterocycles. The first-order valence-corrected chi connectivity index (χ1v) is 9.23. The van der Waals surface area contributed by atoms with Gasteiger partial charge >= 0.3 is 0 Å². The summed E-state index contributed by atoms with van der Waals surface area (Å²) >= 11 is 9.80. The molecule has 0 aliphatic carbocycles. The average molecular weight is 429 g/mol. The topological polar surface area (TPSA) is 39.9 Å². The van der Waals surface area contributed by atoms with Gasteiger partial charge in [0, 0.05) is 39.4 Å². The van der Waals surface area contributed by atoms with E-state index in [0.717, 1.165) is 37.4 Å². The van der Waals surface area contributed by atoms with E-state index in [1.54, 1.807) is 19.5 Å². The number of hydrogen-bond acceptors (Lipinski definition) is 3. The van der Waals surface area contributed by atoms with Crippen molar-refractivity contribution in [2.24, 2.45) is 0 Å². The molecule has 0 unspecified atom stereocenters. The minimum atomic E-state index is 0.636. The van der Waals surface area contributed by atoms with Crippen LogP contribution in [0.25, 0.3) is 16.9 Å². The van der Waals surface area contributed by atoms with Crippen molar-refractivity contribution in [1.82, 2.24) is 14.5 Å². The van der Waals surface area contributed by atoms with Gasteiger partial charge in [-0.25, -0.2) is 9.97 Å². The summed E-state index contributed by atoms with van der Waals surface area (Å²) in [7, 11) is 1.67. The maximum atomic E-state index is 6.02. The van der Waals surface area contributed by atoms with E-state index in [4.69, 9.17) is 16.3 Å². The SMILES string of the molecule is COc1ccc2c(c1)c(Br)c(Cc1ccc(Cl)cc1)n2-c1ncccn1. The fourth-order valence-electron chi connectivity index (χ4n) is 3.00. The maximum Gasteiger partial charge on any atom is 0.234 e. The molecular weight excluding hydrogens is 414 g/mol. The molecule has 0 N–H and O–H groups in total. The Morgan fingerprint density at radius 3 is 2.50 bits per heavy atom. The van der Waals surface area contributed by atoms with Gasteiger partial charge in [0.15, 0.2) is 0 Å². The Morgan fingerprint density at radius 2 is 1.81 bits per heavy atom. The molecule has 4 aromatic rings. The smallest absolute Gasteiger partial charge is 0.234 e. The lowest BCUT2D eigenvalue weighted by Crippen LogP contribution is -2.05.